The molecule has 3 heteroatoms. The molecule has 0 bridgehead atoms. The lowest BCUT2D eigenvalue weighted by molar-refractivity contribution is -0.107. The topological polar surface area (TPSA) is 35.5 Å². The van der Waals surface area contributed by atoms with Crippen LogP contribution in [0.25, 0.3) is 0 Å². The minimum atomic E-state index is 0.526. The molecule has 0 heterocycles. The van der Waals surface area contributed by atoms with Crippen LogP contribution in [-0.4, -0.2) is 20.5 Å². The summed E-state index contributed by atoms with van der Waals surface area (Å²) in [5.41, 5.74) is 2.15. The molecule has 0 aliphatic heterocycles. The van der Waals surface area contributed by atoms with E-state index < -0.39 is 0 Å². The van der Waals surface area contributed by atoms with Crippen molar-refractivity contribution in [1.29, 1.82) is 0 Å². The molecule has 3 nitrogen and oxygen atoms in total. The van der Waals surface area contributed by atoms with Crippen LogP contribution >= 0.6 is 0 Å². The number of benzene rings is 1. The second kappa shape index (κ2) is 6.19. The third-order valence-electron chi connectivity index (χ3n) is 2.20. The lowest BCUT2D eigenvalue weighted by Crippen LogP contribution is -1.96. The zero-order valence-electron chi connectivity index (χ0n) is 9.16. The van der Waals surface area contributed by atoms with Gasteiger partial charge < -0.3 is 14.3 Å². The number of rotatable bonds is 6. The highest BCUT2D eigenvalue weighted by Gasteiger charge is 2.03. The maximum absolute atomic E-state index is 10.3. The minimum absolute atomic E-state index is 0.526. The maximum Gasteiger partial charge on any atom is 0.124 e. The van der Waals surface area contributed by atoms with Crippen LogP contribution in [0.3, 0.4) is 0 Å². The number of ether oxygens (including phenoxy) is 2. The van der Waals surface area contributed by atoms with E-state index in [2.05, 4.69) is 0 Å². The molecule has 0 saturated carbocycles. The summed E-state index contributed by atoms with van der Waals surface area (Å²) >= 11 is 0. The number of aldehydes is 1. The van der Waals surface area contributed by atoms with E-state index >= 15 is 0 Å². The molecule has 0 aliphatic rings. The van der Waals surface area contributed by atoms with Crippen molar-refractivity contribution >= 4 is 6.29 Å². The average Bonchev–Trinajstić information content (AvgIpc) is 2.27. The Balaban J connectivity index is 2.83. The Kier molecular flexibility index (Phi) is 4.84. The smallest absolute Gasteiger partial charge is 0.124 e. The second-order valence-electron chi connectivity index (χ2n) is 3.28. The molecule has 0 amide bonds. The first-order valence-corrected chi connectivity index (χ1v) is 4.90. The van der Waals surface area contributed by atoms with Crippen molar-refractivity contribution in [2.75, 3.05) is 14.2 Å². The highest BCUT2D eigenvalue weighted by atomic mass is 16.5. The normalized spacial score (nSPS) is 10.0. The molecule has 0 saturated heterocycles. The van der Waals surface area contributed by atoms with Gasteiger partial charge in [0, 0.05) is 19.1 Å². The van der Waals surface area contributed by atoms with Gasteiger partial charge in [0.1, 0.15) is 12.0 Å². The second-order valence-corrected chi connectivity index (χ2v) is 3.28. The Labute approximate surface area is 90.0 Å². The van der Waals surface area contributed by atoms with E-state index in [0.717, 1.165) is 29.6 Å². The van der Waals surface area contributed by atoms with Crippen LogP contribution in [0.5, 0.6) is 5.75 Å². The fourth-order valence-electron chi connectivity index (χ4n) is 1.48. The monoisotopic (exact) mass is 208 g/mol. The van der Waals surface area contributed by atoms with Gasteiger partial charge >= 0.3 is 0 Å². The zero-order valence-corrected chi connectivity index (χ0v) is 9.16. The number of aryl methyl sites for hydroxylation is 1. The van der Waals surface area contributed by atoms with Gasteiger partial charge in [0.15, 0.2) is 0 Å². The van der Waals surface area contributed by atoms with E-state index in [1.165, 1.54) is 0 Å². The van der Waals surface area contributed by atoms with Crippen molar-refractivity contribution in [3.8, 4) is 5.75 Å². The van der Waals surface area contributed by atoms with Gasteiger partial charge in [0.25, 0.3) is 0 Å². The molecule has 1 aromatic rings. The van der Waals surface area contributed by atoms with Gasteiger partial charge in [-0.25, -0.2) is 0 Å². The SMILES string of the molecule is COCc1cc(CCC=O)ccc1OC. The van der Waals surface area contributed by atoms with Gasteiger partial charge in [-0.1, -0.05) is 6.07 Å². The van der Waals surface area contributed by atoms with Crippen LogP contribution in [-0.2, 0) is 22.6 Å². The lowest BCUT2D eigenvalue weighted by atomic mass is 10.1. The summed E-state index contributed by atoms with van der Waals surface area (Å²) in [7, 11) is 3.29. The number of hydrogen-bond donors (Lipinski definition) is 0. The number of hydrogen-bond acceptors (Lipinski definition) is 3. The molecule has 0 unspecified atom stereocenters. The van der Waals surface area contributed by atoms with Crippen LogP contribution in [0.2, 0.25) is 0 Å². The maximum atomic E-state index is 10.3. The largest absolute Gasteiger partial charge is 0.496 e. The van der Waals surface area contributed by atoms with Gasteiger partial charge in [-0.2, -0.15) is 0 Å². The molecule has 0 radical (unpaired) electrons. The Morgan fingerprint density at radius 1 is 1.33 bits per heavy atom. The molecule has 15 heavy (non-hydrogen) atoms. The fourth-order valence-corrected chi connectivity index (χ4v) is 1.48. The predicted octanol–water partition coefficient (Wildman–Crippen LogP) is 1.97. The van der Waals surface area contributed by atoms with Gasteiger partial charge in [0.05, 0.1) is 13.7 Å². The highest BCUT2D eigenvalue weighted by Crippen LogP contribution is 2.21. The lowest BCUT2D eigenvalue weighted by Gasteiger charge is -2.09. The quantitative estimate of drug-likeness (QED) is 0.670. The summed E-state index contributed by atoms with van der Waals surface area (Å²) in [6.07, 6.45) is 2.25. The molecule has 0 spiro atoms. The third-order valence-corrected chi connectivity index (χ3v) is 2.20. The molecule has 1 aromatic carbocycles. The first kappa shape index (κ1) is 11.7. The van der Waals surface area contributed by atoms with Crippen molar-refractivity contribution < 1.29 is 14.3 Å². The molecule has 0 fully saturated rings. The van der Waals surface area contributed by atoms with E-state index in [-0.39, 0.29) is 0 Å². The van der Waals surface area contributed by atoms with E-state index in [4.69, 9.17) is 9.47 Å². The summed E-state index contributed by atoms with van der Waals surface area (Å²) < 4.78 is 10.3. The Morgan fingerprint density at radius 3 is 2.73 bits per heavy atom. The van der Waals surface area contributed by atoms with Crippen molar-refractivity contribution in [3.05, 3.63) is 29.3 Å². The fraction of sp³-hybridized carbons (Fsp3) is 0.417. The summed E-state index contributed by atoms with van der Waals surface area (Å²) in [4.78, 5) is 10.3. The first-order valence-electron chi connectivity index (χ1n) is 4.90. The number of carbonyl (C=O) groups is 1. The van der Waals surface area contributed by atoms with E-state index in [9.17, 15) is 4.79 Å². The summed E-state index contributed by atoms with van der Waals surface area (Å²) in [6.45, 7) is 0.526. The van der Waals surface area contributed by atoms with E-state index in [0.29, 0.717) is 13.0 Å². The van der Waals surface area contributed by atoms with E-state index in [1.807, 2.05) is 18.2 Å². The van der Waals surface area contributed by atoms with E-state index in [1.54, 1.807) is 14.2 Å². The van der Waals surface area contributed by atoms with Gasteiger partial charge in [-0.05, 0) is 24.1 Å². The predicted molar refractivity (Wildman–Crippen MR) is 58.1 cm³/mol. The molecule has 1 rings (SSSR count). The molecule has 0 atom stereocenters. The van der Waals surface area contributed by atoms with Crippen molar-refractivity contribution in [2.45, 2.75) is 19.4 Å². The average molecular weight is 208 g/mol. The number of methoxy groups -OCH3 is 2. The summed E-state index contributed by atoms with van der Waals surface area (Å²) in [5.74, 6) is 0.826. The van der Waals surface area contributed by atoms with Crippen molar-refractivity contribution in [1.82, 2.24) is 0 Å². The molecular weight excluding hydrogens is 192 g/mol. The molecule has 82 valence electrons. The Morgan fingerprint density at radius 2 is 2.13 bits per heavy atom. The van der Waals surface area contributed by atoms with Crippen molar-refractivity contribution in [2.24, 2.45) is 0 Å². The van der Waals surface area contributed by atoms with Crippen LogP contribution in [0.15, 0.2) is 18.2 Å². The van der Waals surface area contributed by atoms with Crippen LogP contribution in [0.1, 0.15) is 17.5 Å². The summed E-state index contributed by atoms with van der Waals surface area (Å²) in [5, 5.41) is 0. The van der Waals surface area contributed by atoms with Gasteiger partial charge in [-0.15, -0.1) is 0 Å². The summed E-state index contributed by atoms with van der Waals surface area (Å²) in [6, 6.07) is 5.90. The van der Waals surface area contributed by atoms with Gasteiger partial charge in [-0.3, -0.25) is 0 Å². The molecule has 0 aromatic heterocycles. The van der Waals surface area contributed by atoms with Crippen molar-refractivity contribution in [3.63, 3.8) is 0 Å². The highest BCUT2D eigenvalue weighted by molar-refractivity contribution is 5.50. The van der Waals surface area contributed by atoms with Gasteiger partial charge in [0.2, 0.25) is 0 Å². The zero-order chi connectivity index (χ0) is 11.1. The Hall–Kier alpha value is -1.35. The third kappa shape index (κ3) is 3.36. The molecule has 0 aliphatic carbocycles. The standard InChI is InChI=1S/C12H16O3/c1-14-9-11-8-10(4-3-7-13)5-6-12(11)15-2/h5-8H,3-4,9H2,1-2H3. The van der Waals surface area contributed by atoms with Crippen LogP contribution in [0, 0.1) is 0 Å². The Bertz CT molecular complexity index is 321. The molecule has 0 N–H and O–H groups in total. The first-order chi connectivity index (χ1) is 7.31. The minimum Gasteiger partial charge on any atom is -0.496 e. The van der Waals surface area contributed by atoms with Crippen LogP contribution < -0.4 is 4.74 Å². The van der Waals surface area contributed by atoms with Crippen LogP contribution in [0.4, 0.5) is 0 Å². The number of carbonyl (C=O) groups excluding carboxylic acids is 1. The molecular formula is C12H16O3.